The minimum absolute atomic E-state index is 0.423. The highest BCUT2D eigenvalue weighted by Gasteiger charge is 2.28. The molecular weight excluding hydrogens is 373 g/mol. The van der Waals surface area contributed by atoms with Gasteiger partial charge in [-0.05, 0) is 58.8 Å². The molecule has 0 bridgehead atoms. The van der Waals surface area contributed by atoms with Crippen LogP contribution in [0.25, 0.3) is 0 Å². The van der Waals surface area contributed by atoms with Crippen molar-refractivity contribution >= 4 is 34.7 Å². The van der Waals surface area contributed by atoms with Crippen molar-refractivity contribution in [2.24, 2.45) is 0 Å². The molecule has 0 rings (SSSR count). The van der Waals surface area contributed by atoms with E-state index in [1.165, 1.54) is 0 Å². The predicted molar refractivity (Wildman–Crippen MR) is 87.1 cm³/mol. The largest absolute Gasteiger partial charge is 0.458 e. The summed E-state index contributed by atoms with van der Waals surface area (Å²) in [4.78, 5) is 23.8. The Morgan fingerprint density at radius 3 is 1.95 bits per heavy atom. The molecule has 0 spiro atoms. The normalized spacial score (nSPS) is 13.6. The van der Waals surface area contributed by atoms with Gasteiger partial charge in [0.15, 0.2) is 0 Å². The number of carbonyl (C=O) groups is 2. The van der Waals surface area contributed by atoms with Crippen LogP contribution in [-0.2, 0) is 14.3 Å². The number of rotatable bonds is 5. The van der Waals surface area contributed by atoms with Gasteiger partial charge in [0.2, 0.25) is 0 Å². The predicted octanol–water partition coefficient (Wildman–Crippen LogP) is 3.44. The molecule has 0 heterocycles. The molecule has 0 aliphatic carbocycles. The number of hydrogen-bond acceptors (Lipinski definition) is 4. The van der Waals surface area contributed by atoms with Crippen LogP contribution in [0.4, 0.5) is 4.79 Å². The molecule has 0 aliphatic heterocycles. The third kappa shape index (κ3) is 10.3. The molecular formula is C14H26INO4. The average molecular weight is 399 g/mol. The summed E-state index contributed by atoms with van der Waals surface area (Å²) in [7, 11) is 0. The van der Waals surface area contributed by atoms with Crippen molar-refractivity contribution < 1.29 is 19.1 Å². The summed E-state index contributed by atoms with van der Waals surface area (Å²) in [6.45, 7) is 10.7. The molecule has 1 amide bonds. The van der Waals surface area contributed by atoms with E-state index in [1.807, 2.05) is 0 Å². The maximum absolute atomic E-state index is 12.1. The van der Waals surface area contributed by atoms with Gasteiger partial charge < -0.3 is 14.8 Å². The molecule has 0 aromatic rings. The first kappa shape index (κ1) is 19.5. The second kappa shape index (κ2) is 8.05. The number of esters is 1. The molecule has 0 unspecified atom stereocenters. The third-order valence-corrected chi connectivity index (χ3v) is 2.77. The minimum Gasteiger partial charge on any atom is -0.458 e. The minimum atomic E-state index is -0.668. The lowest BCUT2D eigenvalue weighted by atomic mass is 10.1. The molecule has 0 aromatic heterocycles. The van der Waals surface area contributed by atoms with Gasteiger partial charge in [-0.1, -0.05) is 22.6 Å². The number of ether oxygens (including phenoxy) is 2. The van der Waals surface area contributed by atoms with Crippen LogP contribution in [0.5, 0.6) is 0 Å². The maximum Gasteiger partial charge on any atom is 0.408 e. The van der Waals surface area contributed by atoms with E-state index in [2.05, 4.69) is 27.9 Å². The second-order valence-corrected chi connectivity index (χ2v) is 7.64. The standard InChI is InChI=1S/C14H26INO4/c1-13(2,3)19-11(17)10(8-7-9-15)16-12(18)20-14(4,5)6/h10H,7-9H2,1-6H3,(H,16,18)/t10-/m1/s1. The van der Waals surface area contributed by atoms with E-state index in [4.69, 9.17) is 9.47 Å². The second-order valence-electron chi connectivity index (χ2n) is 6.56. The van der Waals surface area contributed by atoms with Gasteiger partial charge in [-0.25, -0.2) is 9.59 Å². The monoisotopic (exact) mass is 399 g/mol. The molecule has 1 atom stereocenters. The fourth-order valence-corrected chi connectivity index (χ4v) is 1.79. The smallest absolute Gasteiger partial charge is 0.408 e. The lowest BCUT2D eigenvalue weighted by Gasteiger charge is -2.26. The van der Waals surface area contributed by atoms with Crippen LogP contribution >= 0.6 is 22.6 Å². The molecule has 0 radical (unpaired) electrons. The molecule has 0 fully saturated rings. The van der Waals surface area contributed by atoms with Gasteiger partial charge in [0, 0.05) is 0 Å². The van der Waals surface area contributed by atoms with Crippen molar-refractivity contribution in [2.75, 3.05) is 4.43 Å². The molecule has 20 heavy (non-hydrogen) atoms. The van der Waals surface area contributed by atoms with Gasteiger partial charge in [0.1, 0.15) is 17.2 Å². The Morgan fingerprint density at radius 2 is 1.55 bits per heavy atom. The van der Waals surface area contributed by atoms with Gasteiger partial charge >= 0.3 is 12.1 Å². The highest BCUT2D eigenvalue weighted by atomic mass is 127. The summed E-state index contributed by atoms with van der Waals surface area (Å²) >= 11 is 2.23. The maximum atomic E-state index is 12.1. The highest BCUT2D eigenvalue weighted by molar-refractivity contribution is 14.1. The summed E-state index contributed by atoms with van der Waals surface area (Å²) in [6, 6.07) is -0.668. The highest BCUT2D eigenvalue weighted by Crippen LogP contribution is 2.13. The zero-order valence-corrected chi connectivity index (χ0v) is 15.4. The number of carbonyl (C=O) groups excluding carboxylic acids is 2. The van der Waals surface area contributed by atoms with E-state index in [0.717, 1.165) is 10.8 Å². The summed E-state index contributed by atoms with van der Waals surface area (Å²) in [6.07, 6.45) is 0.763. The first-order chi connectivity index (χ1) is 8.94. The first-order valence-electron chi connectivity index (χ1n) is 6.73. The van der Waals surface area contributed by atoms with Crippen molar-refractivity contribution in [3.05, 3.63) is 0 Å². The summed E-state index contributed by atoms with van der Waals surface area (Å²) in [5.74, 6) is -0.423. The Labute approximate surface area is 135 Å². The van der Waals surface area contributed by atoms with Crippen molar-refractivity contribution in [3.63, 3.8) is 0 Å². The Kier molecular flexibility index (Phi) is 7.83. The van der Waals surface area contributed by atoms with Crippen LogP contribution in [-0.4, -0.2) is 33.7 Å². The van der Waals surface area contributed by atoms with Gasteiger partial charge in [-0.2, -0.15) is 0 Å². The number of amides is 1. The quantitative estimate of drug-likeness (QED) is 0.437. The number of alkyl carbamates (subject to hydrolysis) is 1. The molecule has 0 saturated heterocycles. The Balaban J connectivity index is 4.63. The fraction of sp³-hybridized carbons (Fsp3) is 0.857. The van der Waals surface area contributed by atoms with Gasteiger partial charge in [-0.3, -0.25) is 0 Å². The zero-order valence-electron chi connectivity index (χ0n) is 13.2. The average Bonchev–Trinajstić information content (AvgIpc) is 2.18. The van der Waals surface area contributed by atoms with E-state index < -0.39 is 29.3 Å². The molecule has 0 saturated carbocycles. The van der Waals surface area contributed by atoms with Crippen LogP contribution in [0.1, 0.15) is 54.4 Å². The van der Waals surface area contributed by atoms with Gasteiger partial charge in [-0.15, -0.1) is 0 Å². The van der Waals surface area contributed by atoms with E-state index >= 15 is 0 Å². The molecule has 0 aromatic carbocycles. The summed E-state index contributed by atoms with van der Waals surface area (Å²) in [5, 5.41) is 2.59. The van der Waals surface area contributed by atoms with Gasteiger partial charge in [0.05, 0.1) is 0 Å². The van der Waals surface area contributed by atoms with E-state index in [9.17, 15) is 9.59 Å². The molecule has 1 N–H and O–H groups in total. The van der Waals surface area contributed by atoms with Gasteiger partial charge in [0.25, 0.3) is 0 Å². The Bertz CT molecular complexity index is 331. The summed E-state index contributed by atoms with van der Waals surface area (Å²) < 4.78 is 11.4. The van der Waals surface area contributed by atoms with Crippen molar-refractivity contribution in [1.29, 1.82) is 0 Å². The van der Waals surface area contributed by atoms with Crippen LogP contribution in [0.3, 0.4) is 0 Å². The van der Waals surface area contributed by atoms with Crippen LogP contribution in [0, 0.1) is 0 Å². The fourth-order valence-electron chi connectivity index (χ4n) is 1.35. The molecule has 118 valence electrons. The number of nitrogens with one attached hydrogen (secondary N) is 1. The van der Waals surface area contributed by atoms with Crippen LogP contribution < -0.4 is 5.32 Å². The number of alkyl halides is 1. The van der Waals surface area contributed by atoms with Crippen LogP contribution in [0.15, 0.2) is 0 Å². The SMILES string of the molecule is CC(C)(C)OC(=O)N[C@H](CCCI)C(=O)OC(C)(C)C. The third-order valence-electron chi connectivity index (χ3n) is 2.01. The van der Waals surface area contributed by atoms with Crippen LogP contribution in [0.2, 0.25) is 0 Å². The number of halogens is 1. The number of hydrogen-bond donors (Lipinski definition) is 1. The zero-order chi connectivity index (χ0) is 16.0. The topological polar surface area (TPSA) is 64.6 Å². The van der Waals surface area contributed by atoms with E-state index in [1.54, 1.807) is 41.5 Å². The molecule has 6 heteroatoms. The van der Waals surface area contributed by atoms with Crippen molar-refractivity contribution in [3.8, 4) is 0 Å². The van der Waals surface area contributed by atoms with Crippen molar-refractivity contribution in [1.82, 2.24) is 5.32 Å². The molecule has 0 aliphatic rings. The molecule has 5 nitrogen and oxygen atoms in total. The van der Waals surface area contributed by atoms with E-state index in [0.29, 0.717) is 6.42 Å². The lowest BCUT2D eigenvalue weighted by molar-refractivity contribution is -0.157. The summed E-state index contributed by atoms with van der Waals surface area (Å²) in [5.41, 5.74) is -1.17. The Hall–Kier alpha value is -0.530. The Morgan fingerprint density at radius 1 is 1.05 bits per heavy atom. The van der Waals surface area contributed by atoms with E-state index in [-0.39, 0.29) is 0 Å². The lowest BCUT2D eigenvalue weighted by Crippen LogP contribution is -2.46. The first-order valence-corrected chi connectivity index (χ1v) is 8.25. The van der Waals surface area contributed by atoms with Crippen molar-refractivity contribution in [2.45, 2.75) is 71.6 Å².